The molecule has 2 aromatic carbocycles. The van der Waals surface area contributed by atoms with Gasteiger partial charge in [0, 0.05) is 5.02 Å². The Bertz CT molecular complexity index is 773. The lowest BCUT2D eigenvalue weighted by Crippen LogP contribution is -2.45. The highest BCUT2D eigenvalue weighted by molar-refractivity contribution is 6.30. The van der Waals surface area contributed by atoms with Gasteiger partial charge in [0.15, 0.2) is 13.2 Å². The number of hydrogen-bond acceptors (Lipinski definition) is 4. The van der Waals surface area contributed by atoms with Gasteiger partial charge in [0.1, 0.15) is 17.3 Å². The van der Waals surface area contributed by atoms with E-state index in [1.807, 2.05) is 13.8 Å². The summed E-state index contributed by atoms with van der Waals surface area (Å²) in [5.41, 5.74) is 6.03. The summed E-state index contributed by atoms with van der Waals surface area (Å²) < 4.78 is 23.4. The fourth-order valence-corrected chi connectivity index (χ4v) is 2.48. The molecule has 0 saturated carbocycles. The van der Waals surface area contributed by atoms with Crippen LogP contribution in [0.4, 0.5) is 4.39 Å². The predicted octanol–water partition coefficient (Wildman–Crippen LogP) is 2.70. The van der Waals surface area contributed by atoms with Gasteiger partial charge in [-0.15, -0.1) is 0 Å². The zero-order valence-electron chi connectivity index (χ0n) is 14.3. The Morgan fingerprint density at radius 1 is 0.962 bits per heavy atom. The largest absolute Gasteiger partial charge is 0.484 e. The number of hydrogen-bond donors (Lipinski definition) is 2. The molecule has 2 amide bonds. The van der Waals surface area contributed by atoms with Crippen molar-refractivity contribution in [1.29, 1.82) is 0 Å². The third-order valence-corrected chi connectivity index (χ3v) is 3.52. The number of hydrazine groups is 1. The summed E-state index contributed by atoms with van der Waals surface area (Å²) in [4.78, 5) is 23.4. The molecule has 0 saturated heterocycles. The second kappa shape index (κ2) is 9.05. The maximum absolute atomic E-state index is 12.8. The zero-order valence-corrected chi connectivity index (χ0v) is 15.0. The highest BCUT2D eigenvalue weighted by atomic mass is 35.5. The van der Waals surface area contributed by atoms with E-state index < -0.39 is 17.6 Å². The van der Waals surface area contributed by atoms with Crippen molar-refractivity contribution in [1.82, 2.24) is 10.9 Å². The molecule has 0 fully saturated rings. The molecule has 0 spiro atoms. The van der Waals surface area contributed by atoms with Crippen LogP contribution in [0.3, 0.4) is 0 Å². The van der Waals surface area contributed by atoms with Crippen LogP contribution in [0.1, 0.15) is 11.1 Å². The van der Waals surface area contributed by atoms with Crippen LogP contribution in [0.2, 0.25) is 5.02 Å². The molecule has 2 aromatic rings. The van der Waals surface area contributed by atoms with E-state index in [9.17, 15) is 14.0 Å². The maximum Gasteiger partial charge on any atom is 0.276 e. The van der Waals surface area contributed by atoms with E-state index in [2.05, 4.69) is 10.9 Å². The van der Waals surface area contributed by atoms with Gasteiger partial charge in [-0.1, -0.05) is 11.6 Å². The van der Waals surface area contributed by atoms with E-state index in [1.165, 1.54) is 24.3 Å². The lowest BCUT2D eigenvalue weighted by molar-refractivity contribution is -0.131. The fourth-order valence-electron chi connectivity index (χ4n) is 2.15. The molecule has 0 bridgehead atoms. The van der Waals surface area contributed by atoms with Crippen molar-refractivity contribution in [3.8, 4) is 11.5 Å². The molecule has 0 aliphatic rings. The van der Waals surface area contributed by atoms with E-state index in [1.54, 1.807) is 12.1 Å². The first-order chi connectivity index (χ1) is 12.3. The average molecular weight is 381 g/mol. The van der Waals surface area contributed by atoms with E-state index in [-0.39, 0.29) is 13.2 Å². The zero-order chi connectivity index (χ0) is 19.1. The Morgan fingerprint density at radius 2 is 1.46 bits per heavy atom. The van der Waals surface area contributed by atoms with Gasteiger partial charge in [0.25, 0.3) is 11.8 Å². The van der Waals surface area contributed by atoms with Crippen LogP contribution in [0, 0.1) is 19.7 Å². The van der Waals surface area contributed by atoms with Gasteiger partial charge in [-0.2, -0.15) is 0 Å². The van der Waals surface area contributed by atoms with E-state index in [4.69, 9.17) is 21.1 Å². The van der Waals surface area contributed by atoms with E-state index in [0.29, 0.717) is 16.5 Å². The monoisotopic (exact) mass is 380 g/mol. The molecule has 6 nitrogen and oxygen atoms in total. The molecule has 138 valence electrons. The van der Waals surface area contributed by atoms with Crippen molar-refractivity contribution in [2.45, 2.75) is 13.8 Å². The molecule has 0 aliphatic carbocycles. The summed E-state index contributed by atoms with van der Waals surface area (Å²) >= 11 is 5.94. The van der Waals surface area contributed by atoms with Crippen molar-refractivity contribution in [3.05, 3.63) is 58.4 Å². The Kier molecular flexibility index (Phi) is 6.80. The van der Waals surface area contributed by atoms with Crippen LogP contribution < -0.4 is 20.3 Å². The maximum atomic E-state index is 12.8. The Labute approximate surface area is 155 Å². The summed E-state index contributed by atoms with van der Waals surface area (Å²) in [7, 11) is 0. The molecule has 0 atom stereocenters. The summed E-state index contributed by atoms with van der Waals surface area (Å²) in [6.45, 7) is 3.03. The number of carbonyl (C=O) groups is 2. The minimum Gasteiger partial charge on any atom is -0.484 e. The quantitative estimate of drug-likeness (QED) is 0.755. The van der Waals surface area contributed by atoms with E-state index in [0.717, 1.165) is 11.1 Å². The van der Waals surface area contributed by atoms with Gasteiger partial charge in [0.05, 0.1) is 0 Å². The second-order valence-electron chi connectivity index (χ2n) is 5.50. The first-order valence-corrected chi connectivity index (χ1v) is 8.08. The van der Waals surface area contributed by atoms with Crippen LogP contribution in [-0.4, -0.2) is 25.0 Å². The smallest absolute Gasteiger partial charge is 0.276 e. The molecule has 0 radical (unpaired) electrons. The third-order valence-electron chi connectivity index (χ3n) is 3.30. The highest BCUT2D eigenvalue weighted by Crippen LogP contribution is 2.26. The lowest BCUT2D eigenvalue weighted by atomic mass is 10.1. The summed E-state index contributed by atoms with van der Waals surface area (Å²) in [5, 5.41) is 0.588. The van der Waals surface area contributed by atoms with Crippen LogP contribution >= 0.6 is 11.6 Å². The second-order valence-corrected chi connectivity index (χ2v) is 5.93. The van der Waals surface area contributed by atoms with Crippen LogP contribution in [0.25, 0.3) is 0 Å². The van der Waals surface area contributed by atoms with E-state index >= 15 is 0 Å². The Morgan fingerprint density at radius 3 is 2.00 bits per heavy atom. The number of rotatable bonds is 6. The molecular formula is C18H18ClFN2O4. The van der Waals surface area contributed by atoms with Crippen LogP contribution in [-0.2, 0) is 9.59 Å². The molecule has 8 heteroatoms. The summed E-state index contributed by atoms with van der Waals surface area (Å²) in [6, 6.07) is 8.69. The van der Waals surface area contributed by atoms with Crippen LogP contribution in [0.15, 0.2) is 36.4 Å². The fraction of sp³-hybridized carbons (Fsp3) is 0.222. The van der Waals surface area contributed by atoms with Gasteiger partial charge >= 0.3 is 0 Å². The number of carbonyl (C=O) groups excluding carboxylic acids is 2. The van der Waals surface area contributed by atoms with Crippen LogP contribution in [0.5, 0.6) is 11.5 Å². The SMILES string of the molecule is Cc1cc(Cl)cc(C)c1OCC(=O)NNC(=O)COc1ccc(F)cc1. The van der Waals surface area contributed by atoms with Crippen molar-refractivity contribution < 1.29 is 23.5 Å². The normalized spacial score (nSPS) is 10.2. The number of aryl methyl sites for hydroxylation is 2. The van der Waals surface area contributed by atoms with Crippen molar-refractivity contribution in [2.75, 3.05) is 13.2 Å². The number of benzene rings is 2. The van der Waals surface area contributed by atoms with Gasteiger partial charge < -0.3 is 9.47 Å². The molecule has 2 rings (SSSR count). The molecule has 0 aliphatic heterocycles. The average Bonchev–Trinajstić information content (AvgIpc) is 2.58. The first-order valence-electron chi connectivity index (χ1n) is 7.70. The molecular weight excluding hydrogens is 363 g/mol. The molecule has 0 heterocycles. The van der Waals surface area contributed by atoms with Gasteiger partial charge in [0.2, 0.25) is 0 Å². The minimum atomic E-state index is -0.568. The number of nitrogens with one attached hydrogen (secondary N) is 2. The van der Waals surface area contributed by atoms with Crippen molar-refractivity contribution >= 4 is 23.4 Å². The first kappa shape index (κ1) is 19.5. The number of halogens is 2. The predicted molar refractivity (Wildman–Crippen MR) is 94.6 cm³/mol. The van der Waals surface area contributed by atoms with Gasteiger partial charge in [-0.05, 0) is 61.4 Å². The summed E-state index contributed by atoms with van der Waals surface area (Å²) in [6.07, 6.45) is 0. The lowest BCUT2D eigenvalue weighted by Gasteiger charge is -2.13. The molecule has 2 N–H and O–H groups in total. The van der Waals surface area contributed by atoms with Crippen molar-refractivity contribution in [3.63, 3.8) is 0 Å². The van der Waals surface area contributed by atoms with Gasteiger partial charge in [-0.3, -0.25) is 20.4 Å². The number of amides is 2. The molecule has 0 aromatic heterocycles. The Balaban J connectivity index is 1.73. The Hall–Kier alpha value is -2.80. The highest BCUT2D eigenvalue weighted by Gasteiger charge is 2.10. The minimum absolute atomic E-state index is 0.275. The topological polar surface area (TPSA) is 76.7 Å². The summed E-state index contributed by atoms with van der Waals surface area (Å²) in [5.74, 6) is -0.601. The standard InChI is InChI=1S/C18H18ClFN2O4/c1-11-7-13(19)8-12(2)18(11)26-10-17(24)22-21-16(23)9-25-15-5-3-14(20)4-6-15/h3-8H,9-10H2,1-2H3,(H,21,23)(H,22,24). The number of ether oxygens (including phenoxy) is 2. The molecule has 0 unspecified atom stereocenters. The molecule has 26 heavy (non-hydrogen) atoms. The van der Waals surface area contributed by atoms with Crippen molar-refractivity contribution in [2.24, 2.45) is 0 Å². The third kappa shape index (κ3) is 5.93. The van der Waals surface area contributed by atoms with Gasteiger partial charge in [-0.25, -0.2) is 4.39 Å².